The van der Waals surface area contributed by atoms with Crippen molar-refractivity contribution in [3.63, 3.8) is 0 Å². The number of rotatable bonds is 2. The van der Waals surface area contributed by atoms with Gasteiger partial charge in [0, 0.05) is 47.8 Å². The molecule has 0 unspecified atom stereocenters. The lowest BCUT2D eigenvalue weighted by Gasteiger charge is -2.40. The van der Waals surface area contributed by atoms with Crippen LogP contribution >= 0.6 is 0 Å². The summed E-state index contributed by atoms with van der Waals surface area (Å²) in [5, 5.41) is 1.72. The number of aryl methyl sites for hydroxylation is 2. The molecule has 2 amide bonds. The van der Waals surface area contributed by atoms with E-state index < -0.39 is 0 Å². The maximum atomic E-state index is 13.5. The van der Waals surface area contributed by atoms with Crippen molar-refractivity contribution in [1.82, 2.24) is 19.8 Å². The van der Waals surface area contributed by atoms with E-state index in [0.717, 1.165) is 33.2 Å². The number of fused-ring (bicyclic) bond motifs is 2. The molecule has 1 saturated heterocycles. The Morgan fingerprint density at radius 2 is 1.30 bits per heavy atom. The first-order valence-electron chi connectivity index (χ1n) is 11.3. The van der Waals surface area contributed by atoms with Crippen molar-refractivity contribution in [2.24, 2.45) is 0 Å². The number of para-hydroxylation sites is 2. The van der Waals surface area contributed by atoms with Gasteiger partial charge in [0.2, 0.25) is 0 Å². The van der Waals surface area contributed by atoms with E-state index in [-0.39, 0.29) is 17.9 Å². The number of amides is 2. The van der Waals surface area contributed by atoms with E-state index in [0.29, 0.717) is 30.8 Å². The first-order valence-corrected chi connectivity index (χ1v) is 11.3. The summed E-state index contributed by atoms with van der Waals surface area (Å²) in [4.78, 5) is 39.8. The van der Waals surface area contributed by atoms with E-state index in [4.69, 9.17) is 0 Å². The van der Waals surface area contributed by atoms with Gasteiger partial charge in [0.15, 0.2) is 0 Å². The number of aromatic nitrogens is 2. The molecule has 1 atom stereocenters. The summed E-state index contributed by atoms with van der Waals surface area (Å²) in [6.07, 6.45) is 0. The predicted octanol–water partition coefficient (Wildman–Crippen LogP) is 4.39. The third-order valence-electron chi connectivity index (χ3n) is 6.32. The van der Waals surface area contributed by atoms with Crippen LogP contribution in [0.2, 0.25) is 0 Å². The molecule has 2 aromatic carbocycles. The Bertz CT molecular complexity index is 1400. The molecule has 3 heterocycles. The molecule has 33 heavy (non-hydrogen) atoms. The third kappa shape index (κ3) is 3.82. The molecule has 1 aliphatic heterocycles. The number of nitrogens with zero attached hydrogens (tertiary/aromatic N) is 4. The van der Waals surface area contributed by atoms with Crippen molar-refractivity contribution in [1.29, 1.82) is 0 Å². The van der Waals surface area contributed by atoms with Crippen LogP contribution in [-0.4, -0.2) is 57.3 Å². The van der Waals surface area contributed by atoms with E-state index in [1.807, 2.05) is 91.2 Å². The van der Waals surface area contributed by atoms with Crippen LogP contribution in [0, 0.1) is 13.8 Å². The maximum Gasteiger partial charge on any atom is 0.254 e. The molecule has 5 rings (SSSR count). The largest absolute Gasteiger partial charge is 0.335 e. The first-order chi connectivity index (χ1) is 15.9. The van der Waals surface area contributed by atoms with Crippen LogP contribution in [-0.2, 0) is 0 Å². The minimum absolute atomic E-state index is 0.0125. The zero-order valence-electron chi connectivity index (χ0n) is 19.1. The summed E-state index contributed by atoms with van der Waals surface area (Å²) in [5.41, 5.74) is 4.61. The molecule has 0 bridgehead atoms. The van der Waals surface area contributed by atoms with Gasteiger partial charge in [-0.1, -0.05) is 36.4 Å². The van der Waals surface area contributed by atoms with Gasteiger partial charge < -0.3 is 9.80 Å². The van der Waals surface area contributed by atoms with Gasteiger partial charge in [-0.3, -0.25) is 19.6 Å². The molecule has 4 aromatic rings. The van der Waals surface area contributed by atoms with Crippen molar-refractivity contribution >= 4 is 33.6 Å². The fraction of sp³-hybridized carbons (Fsp3) is 0.259. The molecule has 0 saturated carbocycles. The summed E-state index contributed by atoms with van der Waals surface area (Å²) in [6.45, 7) is 7.29. The highest BCUT2D eigenvalue weighted by molar-refractivity contribution is 6.07. The predicted molar refractivity (Wildman–Crippen MR) is 129 cm³/mol. The number of pyridine rings is 2. The Morgan fingerprint density at radius 3 is 1.85 bits per heavy atom. The van der Waals surface area contributed by atoms with Gasteiger partial charge in [-0.05, 0) is 45.0 Å². The van der Waals surface area contributed by atoms with Crippen LogP contribution in [0.3, 0.4) is 0 Å². The first kappa shape index (κ1) is 21.1. The molecule has 6 nitrogen and oxygen atoms in total. The van der Waals surface area contributed by atoms with E-state index in [1.165, 1.54) is 0 Å². The lowest BCUT2D eigenvalue weighted by molar-refractivity contribution is 0.0416. The molecule has 2 aromatic heterocycles. The van der Waals surface area contributed by atoms with Gasteiger partial charge in [0.1, 0.15) is 0 Å². The fourth-order valence-electron chi connectivity index (χ4n) is 4.74. The van der Waals surface area contributed by atoms with Crippen LogP contribution in [0.25, 0.3) is 21.8 Å². The monoisotopic (exact) mass is 438 g/mol. The minimum Gasteiger partial charge on any atom is -0.335 e. The Labute approximate surface area is 192 Å². The van der Waals surface area contributed by atoms with Gasteiger partial charge in [0.05, 0.1) is 22.2 Å². The van der Waals surface area contributed by atoms with Crippen molar-refractivity contribution in [3.8, 4) is 0 Å². The van der Waals surface area contributed by atoms with Crippen LogP contribution in [0.5, 0.6) is 0 Å². The second-order valence-corrected chi connectivity index (χ2v) is 8.76. The number of carbonyl (C=O) groups is 2. The third-order valence-corrected chi connectivity index (χ3v) is 6.32. The van der Waals surface area contributed by atoms with Crippen molar-refractivity contribution in [3.05, 3.63) is 83.2 Å². The van der Waals surface area contributed by atoms with Gasteiger partial charge in [-0.2, -0.15) is 0 Å². The molecule has 0 spiro atoms. The standard InChI is InChI=1S/C27H26N4O2/c1-17-14-22(20-8-4-6-10-24(20)28-17)26(32)30-12-13-31(19(3)16-30)27(33)23-15-18(2)29-25-11-7-5-9-21(23)25/h4-11,14-15,19H,12-13,16H2,1-3H3/t19-/m0/s1. The average Bonchev–Trinajstić information content (AvgIpc) is 2.82. The minimum atomic E-state index is -0.100. The van der Waals surface area contributed by atoms with Crippen LogP contribution < -0.4 is 0 Å². The van der Waals surface area contributed by atoms with E-state index >= 15 is 0 Å². The van der Waals surface area contributed by atoms with Gasteiger partial charge in [-0.15, -0.1) is 0 Å². The van der Waals surface area contributed by atoms with E-state index in [1.54, 1.807) is 0 Å². The normalized spacial score (nSPS) is 16.4. The molecular formula is C27H26N4O2. The van der Waals surface area contributed by atoms with Crippen LogP contribution in [0.15, 0.2) is 60.7 Å². The van der Waals surface area contributed by atoms with Crippen molar-refractivity contribution in [2.75, 3.05) is 19.6 Å². The topological polar surface area (TPSA) is 66.4 Å². The average molecular weight is 439 g/mol. The van der Waals surface area contributed by atoms with Crippen LogP contribution in [0.1, 0.15) is 39.0 Å². The summed E-state index contributed by atoms with van der Waals surface area (Å²) >= 11 is 0. The van der Waals surface area contributed by atoms with E-state index in [9.17, 15) is 9.59 Å². The highest BCUT2D eigenvalue weighted by Gasteiger charge is 2.32. The molecule has 0 aliphatic carbocycles. The van der Waals surface area contributed by atoms with Gasteiger partial charge in [0.25, 0.3) is 11.8 Å². The highest BCUT2D eigenvalue weighted by Crippen LogP contribution is 2.24. The molecule has 0 radical (unpaired) electrons. The fourth-order valence-corrected chi connectivity index (χ4v) is 4.74. The van der Waals surface area contributed by atoms with E-state index in [2.05, 4.69) is 9.97 Å². The molecule has 1 aliphatic rings. The Morgan fingerprint density at radius 1 is 0.788 bits per heavy atom. The molecule has 0 N–H and O–H groups in total. The smallest absolute Gasteiger partial charge is 0.254 e. The summed E-state index contributed by atoms with van der Waals surface area (Å²) < 4.78 is 0. The molecule has 166 valence electrons. The van der Waals surface area contributed by atoms with Gasteiger partial charge in [-0.25, -0.2) is 0 Å². The zero-order valence-corrected chi connectivity index (χ0v) is 19.1. The SMILES string of the molecule is Cc1cc(C(=O)N2CCN(C(=O)c3cc(C)nc4ccccc34)[C@@H](C)C2)c2ccccc2n1. The van der Waals surface area contributed by atoms with Gasteiger partial charge >= 0.3 is 0 Å². The van der Waals surface area contributed by atoms with Crippen molar-refractivity contribution < 1.29 is 9.59 Å². The Kier molecular flexibility index (Phi) is 5.29. The number of carbonyl (C=O) groups excluding carboxylic acids is 2. The number of piperazine rings is 1. The van der Waals surface area contributed by atoms with Crippen molar-refractivity contribution in [2.45, 2.75) is 26.8 Å². The summed E-state index contributed by atoms with van der Waals surface area (Å²) in [6, 6.07) is 19.1. The number of hydrogen-bond acceptors (Lipinski definition) is 4. The maximum absolute atomic E-state index is 13.5. The molecule has 1 fully saturated rings. The Hall–Kier alpha value is -3.80. The lowest BCUT2D eigenvalue weighted by Crippen LogP contribution is -2.55. The highest BCUT2D eigenvalue weighted by atomic mass is 16.2. The second-order valence-electron chi connectivity index (χ2n) is 8.76. The van der Waals surface area contributed by atoms with Crippen LogP contribution in [0.4, 0.5) is 0 Å². The number of benzene rings is 2. The Balaban J connectivity index is 1.40. The lowest BCUT2D eigenvalue weighted by atomic mass is 10.0. The molecule has 6 heteroatoms. The quantitative estimate of drug-likeness (QED) is 0.466. The summed E-state index contributed by atoms with van der Waals surface area (Å²) in [5.74, 6) is -0.0256. The molecular weight excluding hydrogens is 412 g/mol. The second kappa shape index (κ2) is 8.28. The number of hydrogen-bond donors (Lipinski definition) is 0. The summed E-state index contributed by atoms with van der Waals surface area (Å²) in [7, 11) is 0. The zero-order chi connectivity index (χ0) is 23.1.